The predicted molar refractivity (Wildman–Crippen MR) is 122 cm³/mol. The number of alkyl carbamates (subject to hydrolysis) is 1. The Labute approximate surface area is 185 Å². The van der Waals surface area contributed by atoms with Crippen LogP contribution in [-0.4, -0.2) is 36.2 Å². The van der Waals surface area contributed by atoms with E-state index >= 15 is 0 Å². The van der Waals surface area contributed by atoms with E-state index in [1.54, 1.807) is 11.8 Å². The molecule has 3 unspecified atom stereocenters. The van der Waals surface area contributed by atoms with Gasteiger partial charge in [-0.25, -0.2) is 4.79 Å². The number of thioether (sulfide) groups is 1. The zero-order chi connectivity index (χ0) is 21.6. The first-order valence-corrected chi connectivity index (χ1v) is 12.4. The summed E-state index contributed by atoms with van der Waals surface area (Å²) >= 11 is 1.78. The van der Waals surface area contributed by atoms with E-state index in [0.717, 1.165) is 29.9 Å². The quantitative estimate of drug-likeness (QED) is 0.343. The summed E-state index contributed by atoms with van der Waals surface area (Å²) in [7, 11) is 0. The van der Waals surface area contributed by atoms with Gasteiger partial charge in [0.2, 0.25) is 0 Å². The van der Waals surface area contributed by atoms with E-state index in [9.17, 15) is 9.59 Å². The van der Waals surface area contributed by atoms with Crippen molar-refractivity contribution in [1.82, 2.24) is 5.32 Å². The summed E-state index contributed by atoms with van der Waals surface area (Å²) in [6.45, 7) is 5.20. The van der Waals surface area contributed by atoms with Crippen molar-refractivity contribution in [2.24, 2.45) is 11.8 Å². The molecule has 0 aromatic heterocycles. The van der Waals surface area contributed by atoms with Gasteiger partial charge < -0.3 is 14.8 Å². The smallest absolute Gasteiger partial charge is 0.407 e. The van der Waals surface area contributed by atoms with Crippen molar-refractivity contribution in [3.05, 3.63) is 35.9 Å². The first kappa shape index (κ1) is 24.6. The largest absolute Gasteiger partial charge is 0.462 e. The van der Waals surface area contributed by atoms with E-state index in [4.69, 9.17) is 9.47 Å². The molecule has 30 heavy (non-hydrogen) atoms. The summed E-state index contributed by atoms with van der Waals surface area (Å²) in [5.41, 5.74) is 0.975. The fraction of sp³-hybridized carbons (Fsp3) is 0.667. The predicted octanol–water partition coefficient (Wildman–Crippen LogP) is 5.57. The Kier molecular flexibility index (Phi) is 11.7. The summed E-state index contributed by atoms with van der Waals surface area (Å²) in [5.74, 6) is 2.92. The highest BCUT2D eigenvalue weighted by molar-refractivity contribution is 7.99. The molecule has 1 aliphatic rings. The molecule has 1 saturated carbocycles. The lowest BCUT2D eigenvalue weighted by molar-refractivity contribution is -0.152. The Morgan fingerprint density at radius 3 is 2.67 bits per heavy atom. The van der Waals surface area contributed by atoms with Crippen molar-refractivity contribution >= 4 is 23.8 Å². The third-order valence-electron chi connectivity index (χ3n) is 5.75. The minimum Gasteiger partial charge on any atom is -0.462 e. The molecule has 5 nitrogen and oxygen atoms in total. The molecule has 1 N–H and O–H groups in total. The summed E-state index contributed by atoms with van der Waals surface area (Å²) in [5, 5.41) is 2.76. The third-order valence-corrected chi connectivity index (χ3v) is 6.82. The molecule has 0 spiro atoms. The third kappa shape index (κ3) is 9.88. The van der Waals surface area contributed by atoms with Crippen LogP contribution in [0.25, 0.3) is 0 Å². The summed E-state index contributed by atoms with van der Waals surface area (Å²) in [6, 6.07) is 9.63. The van der Waals surface area contributed by atoms with E-state index in [1.165, 1.54) is 25.7 Å². The molecule has 0 bridgehead atoms. The molecule has 1 aliphatic carbocycles. The van der Waals surface area contributed by atoms with Crippen LogP contribution in [0.4, 0.5) is 4.79 Å². The van der Waals surface area contributed by atoms with Crippen molar-refractivity contribution < 1.29 is 19.1 Å². The SMILES string of the molecule is CC1CCCCC1C(C)OC(=O)CCCCSCCNC(=O)OCc1ccccc1. The Bertz CT molecular complexity index is 625. The molecule has 1 amide bonds. The standard InChI is InChI=1S/C24H37NO4S/c1-19-10-6-7-13-22(19)20(2)29-23(26)14-8-9-16-30-17-15-25-24(27)28-18-21-11-4-3-5-12-21/h3-5,11-12,19-20,22H,6-10,13-18H2,1-2H3,(H,25,27). The zero-order valence-corrected chi connectivity index (χ0v) is 19.3. The van der Waals surface area contributed by atoms with Crippen LogP contribution in [0.1, 0.15) is 64.4 Å². The van der Waals surface area contributed by atoms with E-state index in [0.29, 0.717) is 24.8 Å². The maximum Gasteiger partial charge on any atom is 0.407 e. The molecule has 1 aromatic rings. The second kappa shape index (κ2) is 14.3. The van der Waals surface area contributed by atoms with Crippen molar-refractivity contribution in [1.29, 1.82) is 0 Å². The number of nitrogens with one attached hydrogen (secondary N) is 1. The van der Waals surface area contributed by atoms with Crippen LogP contribution in [0, 0.1) is 11.8 Å². The van der Waals surface area contributed by atoms with Gasteiger partial charge in [-0.1, -0.05) is 56.5 Å². The fourth-order valence-electron chi connectivity index (χ4n) is 3.97. The molecule has 0 aliphatic heterocycles. The molecule has 3 atom stereocenters. The van der Waals surface area contributed by atoms with Gasteiger partial charge in [0, 0.05) is 18.7 Å². The highest BCUT2D eigenvalue weighted by Gasteiger charge is 2.28. The Hall–Kier alpha value is -1.69. The lowest BCUT2D eigenvalue weighted by atomic mass is 9.78. The molecule has 2 rings (SSSR count). The molecule has 1 aromatic carbocycles. The number of rotatable bonds is 12. The first-order chi connectivity index (χ1) is 14.6. The molecule has 168 valence electrons. The summed E-state index contributed by atoms with van der Waals surface area (Å²) < 4.78 is 10.9. The lowest BCUT2D eigenvalue weighted by Gasteiger charge is -2.33. The number of carbonyl (C=O) groups is 2. The molecule has 0 heterocycles. The molecule has 6 heteroatoms. The van der Waals surface area contributed by atoms with Crippen LogP contribution >= 0.6 is 11.8 Å². The first-order valence-electron chi connectivity index (χ1n) is 11.3. The van der Waals surface area contributed by atoms with Crippen LogP contribution in [0.2, 0.25) is 0 Å². The van der Waals surface area contributed by atoms with Gasteiger partial charge in [-0.2, -0.15) is 11.8 Å². The highest BCUT2D eigenvalue weighted by atomic mass is 32.2. The van der Waals surface area contributed by atoms with E-state index < -0.39 is 0 Å². The van der Waals surface area contributed by atoms with Gasteiger partial charge in [-0.3, -0.25) is 4.79 Å². The number of hydrogen-bond donors (Lipinski definition) is 1. The van der Waals surface area contributed by atoms with Crippen LogP contribution in [0.5, 0.6) is 0 Å². The maximum absolute atomic E-state index is 12.1. The number of esters is 1. The number of carbonyl (C=O) groups excluding carboxylic acids is 2. The van der Waals surface area contributed by atoms with Crippen LogP contribution in [0.15, 0.2) is 30.3 Å². The number of hydrogen-bond acceptors (Lipinski definition) is 5. The minimum absolute atomic E-state index is 0.0369. The highest BCUT2D eigenvalue weighted by Crippen LogP contribution is 2.33. The van der Waals surface area contributed by atoms with Gasteiger partial charge in [-0.15, -0.1) is 0 Å². The van der Waals surface area contributed by atoms with Crippen LogP contribution < -0.4 is 5.32 Å². The normalized spacial score (nSPS) is 19.7. The average Bonchev–Trinajstić information content (AvgIpc) is 2.75. The number of unbranched alkanes of at least 4 members (excludes halogenated alkanes) is 1. The maximum atomic E-state index is 12.1. The van der Waals surface area contributed by atoms with Crippen molar-refractivity contribution in [3.8, 4) is 0 Å². The van der Waals surface area contributed by atoms with Gasteiger partial charge in [0.1, 0.15) is 12.7 Å². The van der Waals surface area contributed by atoms with Gasteiger partial charge in [0.15, 0.2) is 0 Å². The van der Waals surface area contributed by atoms with E-state index in [1.807, 2.05) is 30.3 Å². The molecule has 0 saturated heterocycles. The topological polar surface area (TPSA) is 64.6 Å². The van der Waals surface area contributed by atoms with Gasteiger partial charge in [0.05, 0.1) is 0 Å². The summed E-state index contributed by atoms with van der Waals surface area (Å²) in [6.07, 6.45) is 6.98. The Balaban J connectivity index is 1.42. The Morgan fingerprint density at radius 2 is 1.90 bits per heavy atom. The molecular formula is C24H37NO4S. The number of benzene rings is 1. The monoisotopic (exact) mass is 435 g/mol. The van der Waals surface area contributed by atoms with Gasteiger partial charge >= 0.3 is 12.1 Å². The fourth-order valence-corrected chi connectivity index (χ4v) is 4.83. The number of ether oxygens (including phenoxy) is 2. The Morgan fingerprint density at radius 1 is 1.13 bits per heavy atom. The summed E-state index contributed by atoms with van der Waals surface area (Å²) in [4.78, 5) is 23.7. The van der Waals surface area contributed by atoms with E-state index in [-0.39, 0.29) is 24.8 Å². The van der Waals surface area contributed by atoms with Gasteiger partial charge in [-0.05, 0) is 49.3 Å². The molecular weight excluding hydrogens is 398 g/mol. The average molecular weight is 436 g/mol. The van der Waals surface area contributed by atoms with E-state index in [2.05, 4.69) is 19.2 Å². The molecule has 1 fully saturated rings. The molecule has 0 radical (unpaired) electrons. The van der Waals surface area contributed by atoms with Crippen molar-refractivity contribution in [3.63, 3.8) is 0 Å². The van der Waals surface area contributed by atoms with Gasteiger partial charge in [0.25, 0.3) is 0 Å². The minimum atomic E-state index is -0.386. The lowest BCUT2D eigenvalue weighted by Crippen LogP contribution is -2.31. The van der Waals surface area contributed by atoms with Crippen molar-refractivity contribution in [2.75, 3.05) is 18.1 Å². The number of amides is 1. The second-order valence-electron chi connectivity index (χ2n) is 8.18. The van der Waals surface area contributed by atoms with Crippen LogP contribution in [0.3, 0.4) is 0 Å². The zero-order valence-electron chi connectivity index (χ0n) is 18.4. The second-order valence-corrected chi connectivity index (χ2v) is 9.40. The van der Waals surface area contributed by atoms with Crippen molar-refractivity contribution in [2.45, 2.75) is 71.5 Å². The van der Waals surface area contributed by atoms with Crippen LogP contribution in [-0.2, 0) is 20.9 Å².